The van der Waals surface area contributed by atoms with Crippen molar-refractivity contribution in [1.29, 1.82) is 0 Å². The lowest BCUT2D eigenvalue weighted by atomic mass is 9.56. The molecule has 5 heteroatoms. The standard InChI is InChI=1S/C13H12F2O3/c14-13(15,11(16)17)12-8-3-1-2-4-5(3)9(12)7(4)10(18-12)6(2)8/h2-10H,1H2,(H,16,17)/t2-,3-,4+,5+,6+,7+,8+,9+,10-,12-/m0/s1. The lowest BCUT2D eigenvalue weighted by Gasteiger charge is -2.46. The average molecular weight is 254 g/mol. The first-order chi connectivity index (χ1) is 8.52. The molecule has 7 fully saturated rings. The van der Waals surface area contributed by atoms with E-state index in [4.69, 9.17) is 9.84 Å². The highest BCUT2D eigenvalue weighted by atomic mass is 19.3. The molecule has 18 heavy (non-hydrogen) atoms. The van der Waals surface area contributed by atoms with Gasteiger partial charge in [0, 0.05) is 11.8 Å². The third-order valence-corrected chi connectivity index (χ3v) is 7.46. The molecule has 0 amide bonds. The molecule has 0 aromatic rings. The average Bonchev–Trinajstić information content (AvgIpc) is 2.86. The molecule has 4 bridgehead atoms. The summed E-state index contributed by atoms with van der Waals surface area (Å²) in [5, 5.41) is 8.95. The number of alkyl halides is 2. The second kappa shape index (κ2) is 2.03. The number of carboxylic acids is 1. The molecule has 5 saturated carbocycles. The Bertz CT molecular complexity index is 524. The second-order valence-electron chi connectivity index (χ2n) is 7.18. The van der Waals surface area contributed by atoms with E-state index in [1.54, 1.807) is 0 Å². The van der Waals surface area contributed by atoms with Gasteiger partial charge in [-0.2, -0.15) is 8.78 Å². The fourth-order valence-corrected chi connectivity index (χ4v) is 7.67. The first-order valence-corrected chi connectivity index (χ1v) is 6.81. The highest BCUT2D eigenvalue weighted by Crippen LogP contribution is 2.91. The molecule has 7 aliphatic rings. The molecule has 0 unspecified atom stereocenters. The van der Waals surface area contributed by atoms with Gasteiger partial charge in [0.15, 0.2) is 5.60 Å². The number of rotatable bonds is 2. The van der Waals surface area contributed by atoms with Crippen molar-refractivity contribution in [2.45, 2.75) is 24.0 Å². The van der Waals surface area contributed by atoms with Crippen LogP contribution >= 0.6 is 0 Å². The lowest BCUT2D eigenvalue weighted by molar-refractivity contribution is -0.222. The minimum atomic E-state index is -3.71. The van der Waals surface area contributed by atoms with Crippen LogP contribution in [0.4, 0.5) is 8.78 Å². The van der Waals surface area contributed by atoms with Crippen LogP contribution in [0.15, 0.2) is 0 Å². The summed E-state index contributed by atoms with van der Waals surface area (Å²) in [7, 11) is 0. The topological polar surface area (TPSA) is 46.5 Å². The normalized spacial score (nSPS) is 71.6. The SMILES string of the molecule is O=C(O)C(F)(F)[C@@]12O[C@@H]3[C@@H]4[C@@H]5[C@@H]6C[C@@H]([C@H]5[C@H]41)[C@@H]2[C@@H]63. The minimum Gasteiger partial charge on any atom is -0.477 e. The van der Waals surface area contributed by atoms with E-state index in [0.29, 0.717) is 23.7 Å². The molecule has 0 radical (unpaired) electrons. The van der Waals surface area contributed by atoms with Crippen molar-refractivity contribution >= 4 is 5.97 Å². The van der Waals surface area contributed by atoms with Gasteiger partial charge in [0.25, 0.3) is 0 Å². The van der Waals surface area contributed by atoms with Crippen molar-refractivity contribution in [1.82, 2.24) is 0 Å². The number of halogens is 2. The summed E-state index contributed by atoms with van der Waals surface area (Å²) in [4.78, 5) is 11.0. The zero-order valence-corrected chi connectivity index (χ0v) is 9.42. The third kappa shape index (κ3) is 0.497. The van der Waals surface area contributed by atoms with Crippen LogP contribution in [0.3, 0.4) is 0 Å². The second-order valence-corrected chi connectivity index (χ2v) is 7.18. The van der Waals surface area contributed by atoms with Crippen LogP contribution < -0.4 is 0 Å². The number of ether oxygens (including phenoxy) is 1. The van der Waals surface area contributed by atoms with E-state index in [1.165, 1.54) is 0 Å². The zero-order chi connectivity index (χ0) is 12.2. The van der Waals surface area contributed by atoms with Gasteiger partial charge >= 0.3 is 11.9 Å². The molecule has 96 valence electrons. The first kappa shape index (κ1) is 9.23. The fourth-order valence-electron chi connectivity index (χ4n) is 7.67. The molecule has 7 rings (SSSR count). The lowest BCUT2D eigenvalue weighted by Crippen LogP contribution is -2.61. The Morgan fingerprint density at radius 2 is 1.94 bits per heavy atom. The summed E-state index contributed by atoms with van der Waals surface area (Å²) < 4.78 is 34.4. The Balaban J connectivity index is 1.65. The fraction of sp³-hybridized carbons (Fsp3) is 0.923. The maximum atomic E-state index is 14.3. The van der Waals surface area contributed by atoms with Crippen LogP contribution in [0.1, 0.15) is 6.42 Å². The molecule has 2 aliphatic heterocycles. The smallest absolute Gasteiger partial charge is 0.377 e. The van der Waals surface area contributed by atoms with E-state index in [2.05, 4.69) is 0 Å². The summed E-state index contributed by atoms with van der Waals surface area (Å²) in [5.74, 6) is -3.63. The van der Waals surface area contributed by atoms with Crippen LogP contribution in [-0.4, -0.2) is 28.7 Å². The Morgan fingerprint density at radius 1 is 1.17 bits per heavy atom. The van der Waals surface area contributed by atoms with Crippen LogP contribution in [0.5, 0.6) is 0 Å². The van der Waals surface area contributed by atoms with E-state index >= 15 is 0 Å². The molecule has 5 aliphatic carbocycles. The molecule has 0 aromatic heterocycles. The van der Waals surface area contributed by atoms with E-state index < -0.39 is 17.5 Å². The molecular weight excluding hydrogens is 242 g/mol. The quantitative estimate of drug-likeness (QED) is 0.806. The van der Waals surface area contributed by atoms with Gasteiger partial charge < -0.3 is 9.84 Å². The summed E-state index contributed by atoms with van der Waals surface area (Å²) in [6.07, 6.45) is 1.03. The molecule has 1 N–H and O–H groups in total. The molecule has 0 spiro atoms. The molecular formula is C13H12F2O3. The Morgan fingerprint density at radius 3 is 2.67 bits per heavy atom. The van der Waals surface area contributed by atoms with Crippen molar-refractivity contribution in [3.8, 4) is 0 Å². The third-order valence-electron chi connectivity index (χ3n) is 7.46. The monoisotopic (exact) mass is 254 g/mol. The molecule has 2 heterocycles. The van der Waals surface area contributed by atoms with Crippen molar-refractivity contribution < 1.29 is 23.4 Å². The number of hydrogen-bond donors (Lipinski definition) is 1. The predicted octanol–water partition coefficient (Wildman–Crippen LogP) is 1.23. The molecule has 2 saturated heterocycles. The van der Waals surface area contributed by atoms with Gasteiger partial charge in [-0.1, -0.05) is 0 Å². The van der Waals surface area contributed by atoms with Gasteiger partial charge in [-0.3, -0.25) is 0 Å². The van der Waals surface area contributed by atoms with Crippen molar-refractivity contribution in [3.63, 3.8) is 0 Å². The van der Waals surface area contributed by atoms with Gasteiger partial charge in [-0.25, -0.2) is 4.79 Å². The summed E-state index contributed by atoms with van der Waals surface area (Å²) in [5.41, 5.74) is -1.63. The number of carboxylic acid groups (broad SMARTS) is 1. The van der Waals surface area contributed by atoms with E-state index in [-0.39, 0.29) is 29.8 Å². The van der Waals surface area contributed by atoms with Crippen molar-refractivity contribution in [2.24, 2.45) is 47.3 Å². The molecule has 3 nitrogen and oxygen atoms in total. The largest absolute Gasteiger partial charge is 0.477 e. The Hall–Kier alpha value is -0.710. The Kier molecular flexibility index (Phi) is 1.04. The van der Waals surface area contributed by atoms with Gasteiger partial charge in [-0.05, 0) is 41.9 Å². The zero-order valence-electron chi connectivity index (χ0n) is 9.42. The molecule has 10 atom stereocenters. The maximum Gasteiger partial charge on any atom is 0.377 e. The minimum absolute atomic E-state index is 0.0380. The predicted molar refractivity (Wildman–Crippen MR) is 52.7 cm³/mol. The molecule has 0 aromatic carbocycles. The number of aliphatic carboxylic acids is 1. The number of carbonyl (C=O) groups is 1. The van der Waals surface area contributed by atoms with E-state index in [1.807, 2.05) is 0 Å². The summed E-state index contributed by atoms with van der Waals surface area (Å²) in [6.45, 7) is 0. The van der Waals surface area contributed by atoms with Crippen LogP contribution in [0, 0.1) is 47.3 Å². The summed E-state index contributed by atoms with van der Waals surface area (Å²) >= 11 is 0. The first-order valence-electron chi connectivity index (χ1n) is 6.81. The Labute approximate surface area is 101 Å². The van der Waals surface area contributed by atoms with Crippen LogP contribution in [0.25, 0.3) is 0 Å². The van der Waals surface area contributed by atoms with Gasteiger partial charge in [0.1, 0.15) is 0 Å². The van der Waals surface area contributed by atoms with Gasteiger partial charge in [-0.15, -0.1) is 0 Å². The van der Waals surface area contributed by atoms with Crippen LogP contribution in [0.2, 0.25) is 0 Å². The van der Waals surface area contributed by atoms with E-state index in [0.717, 1.165) is 6.42 Å². The summed E-state index contributed by atoms with van der Waals surface area (Å²) in [6, 6.07) is 0. The maximum absolute atomic E-state index is 14.3. The highest BCUT2D eigenvalue weighted by molar-refractivity contribution is 5.78. The van der Waals surface area contributed by atoms with Gasteiger partial charge in [0.2, 0.25) is 0 Å². The van der Waals surface area contributed by atoms with Crippen molar-refractivity contribution in [2.75, 3.05) is 0 Å². The van der Waals surface area contributed by atoms with E-state index in [9.17, 15) is 13.6 Å². The van der Waals surface area contributed by atoms with Crippen LogP contribution in [-0.2, 0) is 9.53 Å². The highest BCUT2D eigenvalue weighted by Gasteiger charge is 2.97. The van der Waals surface area contributed by atoms with Gasteiger partial charge in [0.05, 0.1) is 6.10 Å². The van der Waals surface area contributed by atoms with Crippen molar-refractivity contribution in [3.05, 3.63) is 0 Å². The number of hydrogen-bond acceptors (Lipinski definition) is 2.